The molecule has 3 aromatic rings. The number of nitrogens with one attached hydrogen (secondary N) is 1. The van der Waals surface area contributed by atoms with Crippen molar-refractivity contribution in [2.45, 2.75) is 25.7 Å². The molecule has 0 spiro atoms. The van der Waals surface area contributed by atoms with Crippen molar-refractivity contribution in [3.63, 3.8) is 0 Å². The standard InChI is InChI=1S/C26H28N2O5S/c1-30-17-10-12-21(32-3)16(13-17)15-27-26-24(19-7-5-6-8-23(19)34-26)25(29)28-20-11-9-18(31-2)14-22(20)33-4/h9-15H,5-8H2,1-4H3,(H,28,29)/b27-15+. The summed E-state index contributed by atoms with van der Waals surface area (Å²) in [5.41, 5.74) is 3.06. The second kappa shape index (κ2) is 10.6. The molecule has 1 heterocycles. The molecule has 0 unspecified atom stereocenters. The number of ether oxygens (including phenoxy) is 4. The molecular formula is C26H28N2O5S. The number of aryl methyl sites for hydroxylation is 1. The number of anilines is 1. The summed E-state index contributed by atoms with van der Waals surface area (Å²) in [6.07, 6.45) is 5.73. The Labute approximate surface area is 203 Å². The number of amides is 1. The van der Waals surface area contributed by atoms with E-state index in [4.69, 9.17) is 23.9 Å². The first kappa shape index (κ1) is 23.6. The molecule has 0 radical (unpaired) electrons. The van der Waals surface area contributed by atoms with Gasteiger partial charge < -0.3 is 24.3 Å². The van der Waals surface area contributed by atoms with Crippen molar-refractivity contribution in [2.24, 2.45) is 4.99 Å². The second-order valence-electron chi connectivity index (χ2n) is 7.78. The Hall–Kier alpha value is -3.52. The van der Waals surface area contributed by atoms with Crippen LogP contribution in [0, 0.1) is 0 Å². The van der Waals surface area contributed by atoms with Crippen LogP contribution in [-0.4, -0.2) is 40.6 Å². The number of carbonyl (C=O) groups excluding carboxylic acids is 1. The third-order valence-corrected chi connectivity index (χ3v) is 6.99. The summed E-state index contributed by atoms with van der Waals surface area (Å²) in [6, 6.07) is 10.8. The number of thiophene rings is 1. The molecule has 1 aromatic heterocycles. The Morgan fingerprint density at radius 3 is 2.35 bits per heavy atom. The van der Waals surface area contributed by atoms with Gasteiger partial charge in [-0.05, 0) is 61.6 Å². The SMILES string of the molecule is COc1ccc(OC)c(/C=N/c2sc3c(c2C(=O)Nc2ccc(OC)cc2OC)CCCC3)c1. The lowest BCUT2D eigenvalue weighted by Gasteiger charge is -2.14. The van der Waals surface area contributed by atoms with Crippen LogP contribution in [0.5, 0.6) is 23.0 Å². The number of rotatable bonds is 8. The van der Waals surface area contributed by atoms with Crippen molar-refractivity contribution in [2.75, 3.05) is 33.8 Å². The zero-order valence-electron chi connectivity index (χ0n) is 19.8. The minimum atomic E-state index is -0.201. The Kier molecular flexibility index (Phi) is 7.37. The number of nitrogens with zero attached hydrogens (tertiary/aromatic N) is 1. The van der Waals surface area contributed by atoms with Crippen LogP contribution < -0.4 is 24.3 Å². The van der Waals surface area contributed by atoms with Crippen molar-refractivity contribution < 1.29 is 23.7 Å². The molecule has 8 heteroatoms. The van der Waals surface area contributed by atoms with Crippen molar-refractivity contribution in [3.8, 4) is 23.0 Å². The highest BCUT2D eigenvalue weighted by Gasteiger charge is 2.26. The third kappa shape index (κ3) is 4.87. The maximum absolute atomic E-state index is 13.5. The summed E-state index contributed by atoms with van der Waals surface area (Å²) >= 11 is 1.58. The van der Waals surface area contributed by atoms with Crippen LogP contribution in [0.25, 0.3) is 0 Å². The highest BCUT2D eigenvalue weighted by atomic mass is 32.1. The zero-order valence-corrected chi connectivity index (χ0v) is 20.6. The van der Waals surface area contributed by atoms with Crippen LogP contribution in [-0.2, 0) is 12.8 Å². The average molecular weight is 481 g/mol. The number of fused-ring (bicyclic) bond motifs is 1. The van der Waals surface area contributed by atoms with Gasteiger partial charge in [0.2, 0.25) is 0 Å². The van der Waals surface area contributed by atoms with Gasteiger partial charge in [0.15, 0.2) is 0 Å². The van der Waals surface area contributed by atoms with E-state index in [0.717, 1.165) is 36.8 Å². The average Bonchev–Trinajstić information content (AvgIpc) is 3.25. The lowest BCUT2D eigenvalue weighted by atomic mass is 9.95. The Morgan fingerprint density at radius 1 is 0.912 bits per heavy atom. The van der Waals surface area contributed by atoms with E-state index >= 15 is 0 Å². The van der Waals surface area contributed by atoms with Gasteiger partial charge in [0.05, 0.1) is 39.7 Å². The summed E-state index contributed by atoms with van der Waals surface area (Å²) < 4.78 is 21.5. The van der Waals surface area contributed by atoms with E-state index in [1.807, 2.05) is 18.2 Å². The number of methoxy groups -OCH3 is 4. The number of aliphatic imine (C=N–C) groups is 1. The smallest absolute Gasteiger partial charge is 0.259 e. The summed E-state index contributed by atoms with van der Waals surface area (Å²) in [5.74, 6) is 2.37. The van der Waals surface area contributed by atoms with E-state index in [9.17, 15) is 4.79 Å². The maximum Gasteiger partial charge on any atom is 0.259 e. The molecule has 0 bridgehead atoms. The first-order valence-corrected chi connectivity index (χ1v) is 11.8. The van der Waals surface area contributed by atoms with Gasteiger partial charge in [0.25, 0.3) is 5.91 Å². The van der Waals surface area contributed by atoms with E-state index in [-0.39, 0.29) is 5.91 Å². The molecule has 0 aliphatic heterocycles. The third-order valence-electron chi connectivity index (χ3n) is 5.79. The van der Waals surface area contributed by atoms with E-state index in [1.54, 1.807) is 64.2 Å². The maximum atomic E-state index is 13.5. The normalized spacial score (nSPS) is 12.8. The van der Waals surface area contributed by atoms with Gasteiger partial charge in [-0.2, -0.15) is 0 Å². The Balaban J connectivity index is 1.71. The van der Waals surface area contributed by atoms with Gasteiger partial charge in [0.1, 0.15) is 28.0 Å². The predicted molar refractivity (Wildman–Crippen MR) is 135 cm³/mol. The number of hydrogen-bond acceptors (Lipinski definition) is 7. The zero-order chi connectivity index (χ0) is 24.1. The summed E-state index contributed by atoms with van der Waals surface area (Å²) in [5, 5.41) is 3.70. The van der Waals surface area contributed by atoms with Crippen LogP contribution in [0.1, 0.15) is 39.2 Å². The van der Waals surface area contributed by atoms with Gasteiger partial charge in [-0.3, -0.25) is 4.79 Å². The van der Waals surface area contributed by atoms with Crippen molar-refractivity contribution >= 4 is 34.1 Å². The molecule has 7 nitrogen and oxygen atoms in total. The molecule has 178 valence electrons. The van der Waals surface area contributed by atoms with Crippen molar-refractivity contribution in [3.05, 3.63) is 58.0 Å². The quantitative estimate of drug-likeness (QED) is 0.421. The minimum Gasteiger partial charge on any atom is -0.497 e. The lowest BCUT2D eigenvalue weighted by molar-refractivity contribution is 0.102. The Morgan fingerprint density at radius 2 is 1.62 bits per heavy atom. The first-order chi connectivity index (χ1) is 16.6. The molecule has 2 aromatic carbocycles. The monoisotopic (exact) mass is 480 g/mol. The lowest BCUT2D eigenvalue weighted by Crippen LogP contribution is -2.15. The molecule has 4 rings (SSSR count). The summed E-state index contributed by atoms with van der Waals surface area (Å²) in [7, 11) is 6.39. The van der Waals surface area contributed by atoms with Gasteiger partial charge >= 0.3 is 0 Å². The van der Waals surface area contributed by atoms with E-state index in [1.165, 1.54) is 4.88 Å². The molecule has 0 saturated carbocycles. The van der Waals surface area contributed by atoms with Gasteiger partial charge in [0, 0.05) is 22.7 Å². The predicted octanol–water partition coefficient (Wildman–Crippen LogP) is 5.66. The van der Waals surface area contributed by atoms with Crippen LogP contribution in [0.15, 0.2) is 41.4 Å². The summed E-state index contributed by atoms with van der Waals surface area (Å²) in [4.78, 5) is 19.5. The molecule has 0 atom stereocenters. The molecule has 1 N–H and O–H groups in total. The minimum absolute atomic E-state index is 0.201. The van der Waals surface area contributed by atoms with Gasteiger partial charge in [-0.15, -0.1) is 11.3 Å². The highest BCUT2D eigenvalue weighted by Crippen LogP contribution is 2.41. The van der Waals surface area contributed by atoms with Crippen LogP contribution in [0.2, 0.25) is 0 Å². The van der Waals surface area contributed by atoms with E-state index < -0.39 is 0 Å². The molecule has 34 heavy (non-hydrogen) atoms. The molecule has 0 saturated heterocycles. The molecular weight excluding hydrogens is 452 g/mol. The molecule has 1 aliphatic carbocycles. The van der Waals surface area contributed by atoms with Crippen molar-refractivity contribution in [1.29, 1.82) is 0 Å². The fourth-order valence-corrected chi connectivity index (χ4v) is 5.26. The number of carbonyl (C=O) groups is 1. The van der Waals surface area contributed by atoms with Crippen LogP contribution >= 0.6 is 11.3 Å². The fourth-order valence-electron chi connectivity index (χ4n) is 4.03. The van der Waals surface area contributed by atoms with Crippen LogP contribution in [0.3, 0.4) is 0 Å². The largest absolute Gasteiger partial charge is 0.497 e. The van der Waals surface area contributed by atoms with Crippen LogP contribution in [0.4, 0.5) is 10.7 Å². The van der Waals surface area contributed by atoms with Gasteiger partial charge in [-0.25, -0.2) is 4.99 Å². The Bertz CT molecular complexity index is 1220. The second-order valence-corrected chi connectivity index (χ2v) is 8.86. The number of hydrogen-bond donors (Lipinski definition) is 1. The molecule has 1 aliphatic rings. The van der Waals surface area contributed by atoms with Crippen molar-refractivity contribution in [1.82, 2.24) is 0 Å². The van der Waals surface area contributed by atoms with E-state index in [0.29, 0.717) is 39.2 Å². The number of benzene rings is 2. The first-order valence-electron chi connectivity index (χ1n) is 11.0. The highest BCUT2D eigenvalue weighted by molar-refractivity contribution is 7.16. The fraction of sp³-hybridized carbons (Fsp3) is 0.308. The van der Waals surface area contributed by atoms with E-state index in [2.05, 4.69) is 5.32 Å². The topological polar surface area (TPSA) is 78.4 Å². The van der Waals surface area contributed by atoms with Gasteiger partial charge in [-0.1, -0.05) is 0 Å². The molecule has 0 fully saturated rings. The summed E-state index contributed by atoms with van der Waals surface area (Å²) in [6.45, 7) is 0. The molecule has 1 amide bonds.